The van der Waals surface area contributed by atoms with Gasteiger partial charge < -0.3 is 10.1 Å². The molecule has 1 aromatic rings. The number of fused-ring (bicyclic) bond motifs is 1. The number of hydrogen-bond acceptors (Lipinski definition) is 5. The van der Waals surface area contributed by atoms with E-state index in [1.165, 1.54) is 24.8 Å². The molecule has 24 heavy (non-hydrogen) atoms. The number of likely N-dealkylation sites (tertiary alicyclic amines) is 1. The minimum absolute atomic E-state index is 0.0272. The zero-order chi connectivity index (χ0) is 16.9. The molecule has 6 heteroatoms. The van der Waals surface area contributed by atoms with Gasteiger partial charge in [0, 0.05) is 4.88 Å². The maximum Gasteiger partial charge on any atom is 0.341 e. The van der Waals surface area contributed by atoms with Crippen LogP contribution in [0, 0.1) is 0 Å². The highest BCUT2D eigenvalue weighted by Crippen LogP contribution is 2.38. The number of nitrogens with zero attached hydrogens (tertiary/aromatic N) is 1. The van der Waals surface area contributed by atoms with Crippen LogP contribution in [0.4, 0.5) is 5.00 Å². The minimum atomic E-state index is -0.334. The molecule has 0 saturated carbocycles. The lowest BCUT2D eigenvalue weighted by atomic mass is 9.95. The van der Waals surface area contributed by atoms with Crippen LogP contribution in [0.15, 0.2) is 0 Å². The summed E-state index contributed by atoms with van der Waals surface area (Å²) in [6, 6.07) is 0. The summed E-state index contributed by atoms with van der Waals surface area (Å²) in [6.07, 6.45) is 8.96. The van der Waals surface area contributed by atoms with Crippen molar-refractivity contribution in [3.8, 4) is 0 Å². The third-order valence-corrected chi connectivity index (χ3v) is 6.09. The number of aryl methyl sites for hydroxylation is 1. The molecule has 0 radical (unpaired) electrons. The molecule has 0 bridgehead atoms. The van der Waals surface area contributed by atoms with Crippen molar-refractivity contribution in [2.75, 3.05) is 32.1 Å². The number of thiophene rings is 1. The van der Waals surface area contributed by atoms with E-state index < -0.39 is 0 Å². The van der Waals surface area contributed by atoms with Crippen LogP contribution in [0.1, 0.15) is 59.3 Å². The first kappa shape index (κ1) is 17.4. The average molecular weight is 350 g/mol. The van der Waals surface area contributed by atoms with Crippen LogP contribution in [0.5, 0.6) is 0 Å². The lowest BCUT2D eigenvalue weighted by Gasteiger charge is -2.18. The van der Waals surface area contributed by atoms with E-state index in [-0.39, 0.29) is 11.9 Å². The fraction of sp³-hybridized carbons (Fsp3) is 0.667. The topological polar surface area (TPSA) is 58.6 Å². The average Bonchev–Trinajstić information content (AvgIpc) is 2.75. The molecule has 0 aromatic carbocycles. The number of amides is 1. The summed E-state index contributed by atoms with van der Waals surface area (Å²) in [4.78, 5) is 28.1. The predicted molar refractivity (Wildman–Crippen MR) is 95.8 cm³/mol. The number of rotatable bonds is 4. The van der Waals surface area contributed by atoms with Crippen LogP contribution in [0.25, 0.3) is 0 Å². The summed E-state index contributed by atoms with van der Waals surface area (Å²) in [6.45, 7) is 2.37. The molecule has 1 N–H and O–H groups in total. The molecule has 3 rings (SSSR count). The van der Waals surface area contributed by atoms with Crippen LogP contribution in [-0.2, 0) is 22.4 Å². The SMILES string of the molecule is COC(=O)c1c(NC(=O)CN2CCCCCC2)sc2c1CCCC2. The summed E-state index contributed by atoms with van der Waals surface area (Å²) in [7, 11) is 1.40. The first-order chi connectivity index (χ1) is 11.7. The van der Waals surface area contributed by atoms with Gasteiger partial charge in [-0.3, -0.25) is 9.69 Å². The smallest absolute Gasteiger partial charge is 0.341 e. The fourth-order valence-electron chi connectivity index (χ4n) is 3.64. The molecule has 1 saturated heterocycles. The Morgan fingerprint density at radius 3 is 2.50 bits per heavy atom. The van der Waals surface area contributed by atoms with Gasteiger partial charge in [0.25, 0.3) is 0 Å². The molecule has 2 heterocycles. The molecule has 132 valence electrons. The molecular weight excluding hydrogens is 324 g/mol. The van der Waals surface area contributed by atoms with Gasteiger partial charge in [-0.1, -0.05) is 12.8 Å². The Labute approximate surface area is 147 Å². The van der Waals surface area contributed by atoms with Gasteiger partial charge in [0.1, 0.15) is 5.00 Å². The number of ether oxygens (including phenoxy) is 1. The second-order valence-corrected chi connectivity index (χ2v) is 7.75. The Morgan fingerprint density at radius 2 is 1.79 bits per heavy atom. The molecule has 1 fully saturated rings. The lowest BCUT2D eigenvalue weighted by molar-refractivity contribution is -0.117. The number of anilines is 1. The Bertz CT molecular complexity index is 604. The standard InChI is InChI=1S/C18H26N2O3S/c1-23-18(22)16-13-8-4-5-9-14(13)24-17(16)19-15(21)12-20-10-6-2-3-7-11-20/h2-12H2,1H3,(H,19,21). The second kappa shape index (κ2) is 8.12. The van der Waals surface area contributed by atoms with Gasteiger partial charge >= 0.3 is 5.97 Å². The molecule has 1 aliphatic heterocycles. The Morgan fingerprint density at radius 1 is 1.08 bits per heavy atom. The number of nitrogens with one attached hydrogen (secondary N) is 1. The van der Waals surface area contributed by atoms with E-state index in [0.717, 1.165) is 57.2 Å². The molecular formula is C18H26N2O3S. The molecule has 0 spiro atoms. The van der Waals surface area contributed by atoms with Crippen molar-refractivity contribution in [2.45, 2.75) is 51.4 Å². The first-order valence-electron chi connectivity index (χ1n) is 8.94. The van der Waals surface area contributed by atoms with Gasteiger partial charge in [0.05, 0.1) is 19.2 Å². The van der Waals surface area contributed by atoms with Crippen LogP contribution >= 0.6 is 11.3 Å². The predicted octanol–water partition coefficient (Wildman–Crippen LogP) is 3.23. The molecule has 1 aromatic heterocycles. The largest absolute Gasteiger partial charge is 0.465 e. The highest BCUT2D eigenvalue weighted by Gasteiger charge is 2.27. The van der Waals surface area contributed by atoms with Crippen LogP contribution in [-0.4, -0.2) is 43.5 Å². The van der Waals surface area contributed by atoms with Crippen molar-refractivity contribution in [2.24, 2.45) is 0 Å². The van der Waals surface area contributed by atoms with Gasteiger partial charge in [-0.25, -0.2) is 4.79 Å². The van der Waals surface area contributed by atoms with E-state index in [4.69, 9.17) is 4.74 Å². The monoisotopic (exact) mass is 350 g/mol. The molecule has 2 aliphatic rings. The summed E-state index contributed by atoms with van der Waals surface area (Å²) >= 11 is 1.55. The van der Waals surface area contributed by atoms with Crippen molar-refractivity contribution in [1.82, 2.24) is 4.90 Å². The maximum atomic E-state index is 12.5. The fourth-order valence-corrected chi connectivity index (χ4v) is 4.93. The third-order valence-electron chi connectivity index (χ3n) is 4.88. The molecule has 5 nitrogen and oxygen atoms in total. The molecule has 0 unspecified atom stereocenters. The van der Waals surface area contributed by atoms with Crippen molar-refractivity contribution >= 4 is 28.2 Å². The van der Waals surface area contributed by atoms with Crippen molar-refractivity contribution in [1.29, 1.82) is 0 Å². The first-order valence-corrected chi connectivity index (χ1v) is 9.75. The van der Waals surface area contributed by atoms with Gasteiger partial charge in [-0.15, -0.1) is 11.3 Å². The van der Waals surface area contributed by atoms with E-state index in [1.807, 2.05) is 0 Å². The van der Waals surface area contributed by atoms with E-state index in [9.17, 15) is 9.59 Å². The van der Waals surface area contributed by atoms with Gasteiger partial charge in [-0.05, 0) is 57.2 Å². The summed E-state index contributed by atoms with van der Waals surface area (Å²) < 4.78 is 4.96. The maximum absolute atomic E-state index is 12.5. The van der Waals surface area contributed by atoms with E-state index in [2.05, 4.69) is 10.2 Å². The highest BCUT2D eigenvalue weighted by atomic mass is 32.1. The van der Waals surface area contributed by atoms with Crippen LogP contribution < -0.4 is 5.32 Å². The number of methoxy groups -OCH3 is 1. The highest BCUT2D eigenvalue weighted by molar-refractivity contribution is 7.17. The molecule has 0 atom stereocenters. The molecule has 1 amide bonds. The lowest BCUT2D eigenvalue weighted by Crippen LogP contribution is -2.34. The van der Waals surface area contributed by atoms with Crippen molar-refractivity contribution < 1.29 is 14.3 Å². The van der Waals surface area contributed by atoms with E-state index in [1.54, 1.807) is 11.3 Å². The number of carbonyl (C=O) groups is 2. The third kappa shape index (κ3) is 3.98. The number of esters is 1. The van der Waals surface area contributed by atoms with Crippen LogP contribution in [0.3, 0.4) is 0 Å². The van der Waals surface area contributed by atoms with E-state index in [0.29, 0.717) is 17.1 Å². The Hall–Kier alpha value is -1.40. The van der Waals surface area contributed by atoms with Gasteiger partial charge in [0.2, 0.25) is 5.91 Å². The minimum Gasteiger partial charge on any atom is -0.465 e. The Balaban J connectivity index is 1.72. The quantitative estimate of drug-likeness (QED) is 0.847. The Kier molecular flexibility index (Phi) is 5.89. The van der Waals surface area contributed by atoms with Crippen molar-refractivity contribution in [3.05, 3.63) is 16.0 Å². The molecule has 1 aliphatic carbocycles. The van der Waals surface area contributed by atoms with Crippen LogP contribution in [0.2, 0.25) is 0 Å². The second-order valence-electron chi connectivity index (χ2n) is 6.65. The number of hydrogen-bond donors (Lipinski definition) is 1. The summed E-state index contributed by atoms with van der Waals surface area (Å²) in [5.41, 5.74) is 1.67. The van der Waals surface area contributed by atoms with E-state index >= 15 is 0 Å². The zero-order valence-electron chi connectivity index (χ0n) is 14.4. The van der Waals surface area contributed by atoms with Gasteiger partial charge in [0.15, 0.2) is 0 Å². The summed E-state index contributed by atoms with van der Waals surface area (Å²) in [5, 5.41) is 3.66. The van der Waals surface area contributed by atoms with Gasteiger partial charge in [-0.2, -0.15) is 0 Å². The van der Waals surface area contributed by atoms with Crippen molar-refractivity contribution in [3.63, 3.8) is 0 Å². The number of carbonyl (C=O) groups excluding carboxylic acids is 2. The summed E-state index contributed by atoms with van der Waals surface area (Å²) in [5.74, 6) is -0.361. The normalized spacial score (nSPS) is 18.5. The zero-order valence-corrected chi connectivity index (χ0v) is 15.2.